The van der Waals surface area contributed by atoms with Crippen molar-refractivity contribution in [2.24, 2.45) is 11.8 Å². The number of amides is 1. The van der Waals surface area contributed by atoms with Gasteiger partial charge in [0.2, 0.25) is 0 Å². The summed E-state index contributed by atoms with van der Waals surface area (Å²) in [6.45, 7) is 0. The molecule has 2 aliphatic carbocycles. The minimum Gasteiger partial charge on any atom is -0.393 e. The number of nitrogens with zero attached hydrogens (tertiary/aromatic N) is 1. The zero-order chi connectivity index (χ0) is 18.3. The molecule has 136 valence electrons. The van der Waals surface area contributed by atoms with Crippen LogP contribution in [0.5, 0.6) is 0 Å². The van der Waals surface area contributed by atoms with Crippen LogP contribution in [0.1, 0.15) is 36.0 Å². The van der Waals surface area contributed by atoms with Crippen molar-refractivity contribution in [3.8, 4) is 11.1 Å². The first-order valence-corrected chi connectivity index (χ1v) is 9.32. The van der Waals surface area contributed by atoms with E-state index in [1.54, 1.807) is 12.1 Å². The normalized spacial score (nSPS) is 27.3. The van der Waals surface area contributed by atoms with Gasteiger partial charge in [-0.15, -0.1) is 0 Å². The van der Waals surface area contributed by atoms with Crippen LogP contribution in [0.25, 0.3) is 11.1 Å². The fourth-order valence-electron chi connectivity index (χ4n) is 4.69. The third kappa shape index (κ3) is 3.26. The smallest absolute Gasteiger partial charge is 0.253 e. The number of fused-ring (bicyclic) bond motifs is 1. The maximum Gasteiger partial charge on any atom is 0.253 e. The molecule has 0 radical (unpaired) electrons. The number of carbonyl (C=O) groups is 1. The zero-order valence-corrected chi connectivity index (χ0v) is 14.9. The maximum absolute atomic E-state index is 13.1. The summed E-state index contributed by atoms with van der Waals surface area (Å²) in [4.78, 5) is 14.7. The summed E-state index contributed by atoms with van der Waals surface area (Å²) in [5.41, 5.74) is 2.57. The average Bonchev–Trinajstić information content (AvgIpc) is 3.19. The molecule has 2 fully saturated rings. The largest absolute Gasteiger partial charge is 0.393 e. The monoisotopic (exact) mass is 353 g/mol. The lowest BCUT2D eigenvalue weighted by atomic mass is 10.0. The lowest BCUT2D eigenvalue weighted by molar-refractivity contribution is 0.0722. The minimum absolute atomic E-state index is 0.0428. The zero-order valence-electron chi connectivity index (χ0n) is 14.9. The van der Waals surface area contributed by atoms with E-state index < -0.39 is 0 Å². The number of benzene rings is 2. The summed E-state index contributed by atoms with van der Waals surface area (Å²) in [5.74, 6) is 0.911. The van der Waals surface area contributed by atoms with E-state index >= 15 is 0 Å². The molecule has 0 bridgehead atoms. The molecule has 4 rings (SSSR count). The molecule has 2 aliphatic rings. The van der Waals surface area contributed by atoms with Gasteiger partial charge in [0.1, 0.15) is 5.82 Å². The molecule has 1 amide bonds. The number of aliphatic hydroxyl groups is 1. The average molecular weight is 353 g/mol. The van der Waals surface area contributed by atoms with Gasteiger partial charge in [-0.05, 0) is 72.9 Å². The Hall–Kier alpha value is -2.20. The summed E-state index contributed by atoms with van der Waals surface area (Å²) < 4.78 is 13.1. The first-order valence-electron chi connectivity index (χ1n) is 9.32. The van der Waals surface area contributed by atoms with Gasteiger partial charge in [0.05, 0.1) is 6.10 Å². The van der Waals surface area contributed by atoms with Crippen LogP contribution in [0.4, 0.5) is 4.39 Å². The summed E-state index contributed by atoms with van der Waals surface area (Å²) >= 11 is 0. The highest BCUT2D eigenvalue weighted by molar-refractivity contribution is 5.94. The molecule has 0 aliphatic heterocycles. The van der Waals surface area contributed by atoms with Crippen LogP contribution in [0.15, 0.2) is 48.5 Å². The van der Waals surface area contributed by atoms with E-state index in [1.165, 1.54) is 12.1 Å². The van der Waals surface area contributed by atoms with Gasteiger partial charge < -0.3 is 10.0 Å². The number of aliphatic hydroxyl groups excluding tert-OH is 1. The Bertz CT molecular complexity index is 773. The Labute approximate surface area is 153 Å². The second-order valence-electron chi connectivity index (χ2n) is 7.77. The van der Waals surface area contributed by atoms with Gasteiger partial charge in [0.25, 0.3) is 5.91 Å². The first-order chi connectivity index (χ1) is 12.5. The second-order valence-corrected chi connectivity index (χ2v) is 7.77. The number of rotatable bonds is 3. The predicted octanol–water partition coefficient (Wildman–Crippen LogP) is 4.11. The third-order valence-corrected chi connectivity index (χ3v) is 6.14. The van der Waals surface area contributed by atoms with Crippen molar-refractivity contribution < 1.29 is 14.3 Å². The molecule has 2 aromatic carbocycles. The van der Waals surface area contributed by atoms with Gasteiger partial charge in [0.15, 0.2) is 0 Å². The fraction of sp³-hybridized carbons (Fsp3) is 0.409. The molecule has 2 aromatic rings. The summed E-state index contributed by atoms with van der Waals surface area (Å²) in [6, 6.07) is 14.1. The van der Waals surface area contributed by atoms with Crippen LogP contribution >= 0.6 is 0 Å². The van der Waals surface area contributed by atoms with Gasteiger partial charge in [0, 0.05) is 18.7 Å². The van der Waals surface area contributed by atoms with Crippen molar-refractivity contribution >= 4 is 5.91 Å². The highest BCUT2D eigenvalue weighted by Crippen LogP contribution is 2.45. The third-order valence-electron chi connectivity index (χ3n) is 6.14. The number of hydrogen-bond donors (Lipinski definition) is 1. The van der Waals surface area contributed by atoms with Crippen molar-refractivity contribution in [2.75, 3.05) is 7.05 Å². The molecule has 0 aromatic heterocycles. The van der Waals surface area contributed by atoms with Crippen LogP contribution in [0.3, 0.4) is 0 Å². The SMILES string of the molecule is CN(C(=O)c1ccc(-c2ccc(F)cc2)cc1)C1C[C@H]2CC(O)C[C@H]2C1. The van der Waals surface area contributed by atoms with E-state index in [0.717, 1.165) is 36.8 Å². The second kappa shape index (κ2) is 6.84. The lowest BCUT2D eigenvalue weighted by Gasteiger charge is -2.26. The van der Waals surface area contributed by atoms with Crippen molar-refractivity contribution in [1.82, 2.24) is 4.90 Å². The van der Waals surface area contributed by atoms with Crippen LogP contribution in [-0.2, 0) is 0 Å². The Morgan fingerprint density at radius 3 is 1.96 bits per heavy atom. The Morgan fingerprint density at radius 2 is 1.42 bits per heavy atom. The molecule has 4 atom stereocenters. The van der Waals surface area contributed by atoms with E-state index in [4.69, 9.17) is 0 Å². The van der Waals surface area contributed by atoms with Crippen molar-refractivity contribution in [3.05, 3.63) is 59.9 Å². The van der Waals surface area contributed by atoms with Crippen LogP contribution in [0.2, 0.25) is 0 Å². The van der Waals surface area contributed by atoms with E-state index in [0.29, 0.717) is 17.4 Å². The molecular weight excluding hydrogens is 329 g/mol. The van der Waals surface area contributed by atoms with Gasteiger partial charge in [-0.2, -0.15) is 0 Å². The molecule has 1 N–H and O–H groups in total. The van der Waals surface area contributed by atoms with Crippen LogP contribution < -0.4 is 0 Å². The molecule has 2 unspecified atom stereocenters. The minimum atomic E-state index is -0.254. The molecule has 0 spiro atoms. The number of carbonyl (C=O) groups excluding carboxylic acids is 1. The molecular formula is C22H24FNO2. The first kappa shape index (κ1) is 17.2. The standard InChI is InChI=1S/C22H24FNO2/c1-24(20-10-17-12-21(25)13-18(17)11-20)22(26)16-4-2-14(3-5-16)15-6-8-19(23)9-7-15/h2-9,17-18,20-21,25H,10-13H2,1H3/t17-,18+,20?,21?. The Balaban J connectivity index is 1.44. The maximum atomic E-state index is 13.1. The highest BCUT2D eigenvalue weighted by atomic mass is 19.1. The topological polar surface area (TPSA) is 40.5 Å². The molecule has 4 heteroatoms. The lowest BCUT2D eigenvalue weighted by Crippen LogP contribution is -2.36. The van der Waals surface area contributed by atoms with Gasteiger partial charge in [-0.1, -0.05) is 24.3 Å². The predicted molar refractivity (Wildman–Crippen MR) is 99.2 cm³/mol. The van der Waals surface area contributed by atoms with Gasteiger partial charge in [-0.25, -0.2) is 4.39 Å². The van der Waals surface area contributed by atoms with E-state index in [9.17, 15) is 14.3 Å². The summed E-state index contributed by atoms with van der Waals surface area (Å²) in [5, 5.41) is 9.78. The molecule has 26 heavy (non-hydrogen) atoms. The van der Waals surface area contributed by atoms with E-state index in [1.807, 2.05) is 36.2 Å². The highest BCUT2D eigenvalue weighted by Gasteiger charge is 2.43. The van der Waals surface area contributed by atoms with E-state index in [-0.39, 0.29) is 23.9 Å². The molecule has 2 saturated carbocycles. The quantitative estimate of drug-likeness (QED) is 0.902. The van der Waals surface area contributed by atoms with Crippen molar-refractivity contribution in [2.45, 2.75) is 37.8 Å². The molecule has 0 saturated heterocycles. The van der Waals surface area contributed by atoms with Gasteiger partial charge in [-0.3, -0.25) is 4.79 Å². The van der Waals surface area contributed by atoms with Crippen LogP contribution in [-0.4, -0.2) is 35.1 Å². The summed E-state index contributed by atoms with van der Waals surface area (Å²) in [7, 11) is 1.89. The van der Waals surface area contributed by atoms with E-state index in [2.05, 4.69) is 0 Å². The molecule has 0 heterocycles. The van der Waals surface area contributed by atoms with Crippen LogP contribution in [0, 0.1) is 17.7 Å². The van der Waals surface area contributed by atoms with Crippen molar-refractivity contribution in [1.29, 1.82) is 0 Å². The van der Waals surface area contributed by atoms with Gasteiger partial charge >= 0.3 is 0 Å². The summed E-state index contributed by atoms with van der Waals surface area (Å²) in [6.07, 6.45) is 3.62. The number of hydrogen-bond acceptors (Lipinski definition) is 2. The Morgan fingerprint density at radius 1 is 0.923 bits per heavy atom. The number of halogens is 1. The van der Waals surface area contributed by atoms with Crippen molar-refractivity contribution in [3.63, 3.8) is 0 Å². The Kier molecular flexibility index (Phi) is 4.53. The molecule has 3 nitrogen and oxygen atoms in total. The fourth-order valence-corrected chi connectivity index (χ4v) is 4.69.